The van der Waals surface area contributed by atoms with Crippen LogP contribution in [0.2, 0.25) is 0 Å². The van der Waals surface area contributed by atoms with Gasteiger partial charge in [0.1, 0.15) is 5.75 Å². The van der Waals surface area contributed by atoms with Gasteiger partial charge in [-0.05, 0) is 42.4 Å². The molecule has 3 nitrogen and oxygen atoms in total. The van der Waals surface area contributed by atoms with E-state index < -0.39 is 0 Å². The van der Waals surface area contributed by atoms with E-state index >= 15 is 0 Å². The van der Waals surface area contributed by atoms with E-state index in [1.54, 1.807) is 7.11 Å². The summed E-state index contributed by atoms with van der Waals surface area (Å²) in [5.41, 5.74) is 1.35. The van der Waals surface area contributed by atoms with E-state index in [1.165, 1.54) is 10.5 Å². The standard InChI is InChI=1S/C13H14N2OS2/c1-16-11-2-3-12-9(7-11)6-10(8-18-12)15-5-4-14-13(15)17/h2-5,7,10H,6,8H2,1H3,(H,14,17). The molecule has 1 unspecified atom stereocenters. The summed E-state index contributed by atoms with van der Waals surface area (Å²) >= 11 is 7.17. The number of rotatable bonds is 2. The Kier molecular flexibility index (Phi) is 3.18. The SMILES string of the molecule is COc1ccc2c(c1)CC(n1cc[nH]c1=S)CS2. The fourth-order valence-corrected chi connectivity index (χ4v) is 3.70. The fourth-order valence-electron chi connectivity index (χ4n) is 2.28. The first kappa shape index (κ1) is 11.9. The molecule has 0 amide bonds. The van der Waals surface area contributed by atoms with E-state index in [1.807, 2.05) is 30.2 Å². The van der Waals surface area contributed by atoms with Gasteiger partial charge in [-0.25, -0.2) is 0 Å². The lowest BCUT2D eigenvalue weighted by molar-refractivity contribution is 0.413. The first-order chi connectivity index (χ1) is 8.78. The molecule has 94 valence electrons. The third kappa shape index (κ3) is 2.08. The van der Waals surface area contributed by atoms with Crippen molar-refractivity contribution in [3.63, 3.8) is 0 Å². The monoisotopic (exact) mass is 278 g/mol. The van der Waals surface area contributed by atoms with Gasteiger partial charge in [-0.1, -0.05) is 0 Å². The largest absolute Gasteiger partial charge is 0.497 e. The van der Waals surface area contributed by atoms with Gasteiger partial charge in [0.15, 0.2) is 4.77 Å². The number of H-pyrrole nitrogens is 1. The number of hydrogen-bond donors (Lipinski definition) is 1. The summed E-state index contributed by atoms with van der Waals surface area (Å²) < 4.78 is 8.23. The summed E-state index contributed by atoms with van der Waals surface area (Å²) in [5, 5.41) is 0. The van der Waals surface area contributed by atoms with Crippen LogP contribution in [0.25, 0.3) is 0 Å². The second-order valence-corrected chi connectivity index (χ2v) is 5.76. The second-order valence-electron chi connectivity index (χ2n) is 4.32. The predicted molar refractivity (Wildman–Crippen MR) is 76.1 cm³/mol. The van der Waals surface area contributed by atoms with Crippen LogP contribution in [-0.2, 0) is 6.42 Å². The summed E-state index contributed by atoms with van der Waals surface area (Å²) in [5.74, 6) is 1.98. The van der Waals surface area contributed by atoms with Gasteiger partial charge in [0.05, 0.1) is 7.11 Å². The van der Waals surface area contributed by atoms with Gasteiger partial charge in [0, 0.05) is 29.1 Å². The fraction of sp³-hybridized carbons (Fsp3) is 0.308. The van der Waals surface area contributed by atoms with E-state index in [4.69, 9.17) is 17.0 Å². The number of aromatic amines is 1. The Morgan fingerprint density at radius 3 is 3.11 bits per heavy atom. The molecule has 18 heavy (non-hydrogen) atoms. The van der Waals surface area contributed by atoms with Gasteiger partial charge in [0.2, 0.25) is 0 Å². The van der Waals surface area contributed by atoms with Crippen LogP contribution in [0.15, 0.2) is 35.5 Å². The van der Waals surface area contributed by atoms with Crippen LogP contribution in [0.4, 0.5) is 0 Å². The molecule has 5 heteroatoms. The van der Waals surface area contributed by atoms with Gasteiger partial charge >= 0.3 is 0 Å². The first-order valence-corrected chi connectivity index (χ1v) is 7.22. The zero-order valence-corrected chi connectivity index (χ0v) is 11.7. The zero-order valence-electron chi connectivity index (χ0n) is 10.1. The Labute approximate surface area is 115 Å². The summed E-state index contributed by atoms with van der Waals surface area (Å²) in [6, 6.07) is 6.72. The molecule has 0 aliphatic carbocycles. The van der Waals surface area contributed by atoms with Crippen LogP contribution in [0.1, 0.15) is 11.6 Å². The number of benzene rings is 1. The smallest absolute Gasteiger partial charge is 0.177 e. The van der Waals surface area contributed by atoms with Crippen LogP contribution >= 0.6 is 24.0 Å². The molecule has 0 saturated carbocycles. The number of nitrogens with zero attached hydrogens (tertiary/aromatic N) is 1. The highest BCUT2D eigenvalue weighted by molar-refractivity contribution is 7.99. The van der Waals surface area contributed by atoms with E-state index in [-0.39, 0.29) is 0 Å². The molecule has 0 spiro atoms. The molecule has 1 aromatic carbocycles. The van der Waals surface area contributed by atoms with Crippen molar-refractivity contribution in [2.24, 2.45) is 0 Å². The average Bonchev–Trinajstić information content (AvgIpc) is 2.83. The van der Waals surface area contributed by atoms with E-state index in [0.29, 0.717) is 6.04 Å². The quantitative estimate of drug-likeness (QED) is 0.853. The Morgan fingerprint density at radius 1 is 1.50 bits per heavy atom. The molecule has 0 fully saturated rings. The van der Waals surface area contributed by atoms with E-state index in [2.05, 4.69) is 21.7 Å². The van der Waals surface area contributed by atoms with Gasteiger partial charge in [0.25, 0.3) is 0 Å². The zero-order chi connectivity index (χ0) is 12.5. The molecule has 0 saturated heterocycles. The lowest BCUT2D eigenvalue weighted by atomic mass is 10.1. The predicted octanol–water partition coefficient (Wildman–Crippen LogP) is 3.44. The molecule has 2 aromatic rings. The van der Waals surface area contributed by atoms with Crippen molar-refractivity contribution in [1.82, 2.24) is 9.55 Å². The van der Waals surface area contributed by atoms with Crippen LogP contribution in [0.3, 0.4) is 0 Å². The molecule has 1 aliphatic heterocycles. The number of thioether (sulfide) groups is 1. The number of fused-ring (bicyclic) bond motifs is 1. The van der Waals surface area contributed by atoms with Gasteiger partial charge in [-0.2, -0.15) is 0 Å². The Hall–Kier alpha value is -1.20. The lowest BCUT2D eigenvalue weighted by Gasteiger charge is -2.25. The molecule has 1 aromatic heterocycles. The minimum atomic E-state index is 0.424. The van der Waals surface area contributed by atoms with Crippen molar-refractivity contribution in [3.05, 3.63) is 40.9 Å². The summed E-state index contributed by atoms with van der Waals surface area (Å²) in [7, 11) is 1.71. The van der Waals surface area contributed by atoms with E-state index in [9.17, 15) is 0 Å². The van der Waals surface area contributed by atoms with Crippen LogP contribution in [0, 0.1) is 4.77 Å². The van der Waals surface area contributed by atoms with Crippen molar-refractivity contribution in [2.45, 2.75) is 17.4 Å². The first-order valence-electron chi connectivity index (χ1n) is 5.83. The maximum absolute atomic E-state index is 5.29. The van der Waals surface area contributed by atoms with Crippen LogP contribution in [0.5, 0.6) is 5.75 Å². The number of ether oxygens (including phenoxy) is 1. The van der Waals surface area contributed by atoms with Gasteiger partial charge < -0.3 is 14.3 Å². The minimum absolute atomic E-state index is 0.424. The number of imidazole rings is 1. The van der Waals surface area contributed by atoms with Crippen molar-refractivity contribution in [1.29, 1.82) is 0 Å². The third-order valence-electron chi connectivity index (χ3n) is 3.22. The van der Waals surface area contributed by atoms with E-state index in [0.717, 1.165) is 22.7 Å². The Morgan fingerprint density at radius 2 is 2.39 bits per heavy atom. The molecule has 0 bridgehead atoms. The summed E-state index contributed by atoms with van der Waals surface area (Å²) in [4.78, 5) is 4.41. The molecule has 0 radical (unpaired) electrons. The van der Waals surface area contributed by atoms with Gasteiger partial charge in [-0.15, -0.1) is 11.8 Å². The minimum Gasteiger partial charge on any atom is -0.497 e. The third-order valence-corrected chi connectivity index (χ3v) is 4.81. The maximum Gasteiger partial charge on any atom is 0.177 e. The normalized spacial score (nSPS) is 18.4. The molecular weight excluding hydrogens is 264 g/mol. The van der Waals surface area contributed by atoms with Crippen LogP contribution < -0.4 is 4.74 Å². The number of aromatic nitrogens is 2. The average molecular weight is 278 g/mol. The topological polar surface area (TPSA) is 29.9 Å². The van der Waals surface area contributed by atoms with Crippen LogP contribution in [-0.4, -0.2) is 22.4 Å². The van der Waals surface area contributed by atoms with Gasteiger partial charge in [-0.3, -0.25) is 0 Å². The van der Waals surface area contributed by atoms with Crippen molar-refractivity contribution in [2.75, 3.05) is 12.9 Å². The molecule has 1 atom stereocenters. The number of methoxy groups -OCH3 is 1. The Balaban J connectivity index is 1.92. The summed E-state index contributed by atoms with van der Waals surface area (Å²) in [6.45, 7) is 0. The molecule has 3 rings (SSSR count). The summed E-state index contributed by atoms with van der Waals surface area (Å²) in [6.07, 6.45) is 4.93. The molecule has 2 heterocycles. The van der Waals surface area contributed by atoms with Crippen molar-refractivity contribution >= 4 is 24.0 Å². The lowest BCUT2D eigenvalue weighted by Crippen LogP contribution is -2.18. The van der Waals surface area contributed by atoms with Crippen molar-refractivity contribution < 1.29 is 4.74 Å². The highest BCUT2D eigenvalue weighted by atomic mass is 32.2. The number of nitrogens with one attached hydrogen (secondary N) is 1. The highest BCUT2D eigenvalue weighted by Gasteiger charge is 2.21. The highest BCUT2D eigenvalue weighted by Crippen LogP contribution is 2.36. The van der Waals surface area contributed by atoms with Crippen molar-refractivity contribution in [3.8, 4) is 5.75 Å². The molecule has 1 N–H and O–H groups in total. The molecular formula is C13H14N2OS2. The number of hydrogen-bond acceptors (Lipinski definition) is 3. The Bertz CT molecular complexity index is 617. The second kappa shape index (κ2) is 4.82. The maximum atomic E-state index is 5.29. The molecule has 1 aliphatic rings.